The molecule has 0 unspecified atom stereocenters. The number of carbonyl (C=O) groups is 2. The third-order valence-electron chi connectivity index (χ3n) is 2.08. The van der Waals surface area contributed by atoms with Crippen molar-refractivity contribution in [2.75, 3.05) is 0 Å². The minimum absolute atomic E-state index is 0.783. The van der Waals surface area contributed by atoms with Gasteiger partial charge >= 0.3 is 30.1 Å². The molecular formula is C7H4F7NO3. The van der Waals surface area contributed by atoms with Crippen LogP contribution in [0.3, 0.4) is 0 Å². The monoisotopic (exact) mass is 283 g/mol. The third kappa shape index (κ3) is 2.26. The summed E-state index contributed by atoms with van der Waals surface area (Å²) in [5, 5.41) is 0.783. The quantitative estimate of drug-likeness (QED) is 0.470. The van der Waals surface area contributed by atoms with E-state index in [1.54, 1.807) is 0 Å². The number of hydrogen-bond donors (Lipinski definition) is 1. The predicted octanol–water partition coefficient (Wildman–Crippen LogP) is 1.21. The van der Waals surface area contributed by atoms with Gasteiger partial charge in [-0.15, -0.1) is 0 Å². The van der Waals surface area contributed by atoms with Gasteiger partial charge in [-0.05, 0) is 0 Å². The molecule has 0 aliphatic carbocycles. The van der Waals surface area contributed by atoms with Gasteiger partial charge < -0.3 is 4.74 Å². The minimum atomic E-state index is -6.00. The molecule has 1 aliphatic heterocycles. The molecule has 0 spiro atoms. The number of esters is 1. The van der Waals surface area contributed by atoms with Crippen molar-refractivity contribution in [3.63, 3.8) is 0 Å². The van der Waals surface area contributed by atoms with Gasteiger partial charge in [0.25, 0.3) is 0 Å². The maximum atomic E-state index is 12.4. The fraction of sp³-hybridized carbons (Fsp3) is 0.714. The highest BCUT2D eigenvalue weighted by atomic mass is 19.4. The van der Waals surface area contributed by atoms with Crippen molar-refractivity contribution < 1.29 is 45.1 Å². The van der Waals surface area contributed by atoms with Crippen LogP contribution in [0, 0.1) is 0 Å². The average Bonchev–Trinajstić information content (AvgIpc) is 2.41. The molecule has 0 amide bonds. The molecule has 11 heteroatoms. The molecule has 1 fully saturated rings. The molecule has 104 valence electrons. The summed E-state index contributed by atoms with van der Waals surface area (Å²) in [5.74, 6) is -2.00. The summed E-state index contributed by atoms with van der Waals surface area (Å²) >= 11 is 0. The fourth-order valence-corrected chi connectivity index (χ4v) is 1.29. The second-order valence-corrected chi connectivity index (χ2v) is 3.35. The Bertz CT molecular complexity index is 360. The maximum Gasteiger partial charge on any atom is 0.452 e. The Morgan fingerprint density at radius 1 is 1.22 bits per heavy atom. The van der Waals surface area contributed by atoms with Gasteiger partial charge in [0, 0.05) is 0 Å². The zero-order valence-corrected chi connectivity index (χ0v) is 8.15. The van der Waals surface area contributed by atoms with E-state index in [2.05, 4.69) is 4.74 Å². The van der Waals surface area contributed by atoms with Crippen LogP contribution >= 0.6 is 0 Å². The fourth-order valence-electron chi connectivity index (χ4n) is 1.29. The third-order valence-corrected chi connectivity index (χ3v) is 2.08. The van der Waals surface area contributed by atoms with Crippen LogP contribution in [0.2, 0.25) is 0 Å². The van der Waals surface area contributed by atoms with Gasteiger partial charge in [-0.3, -0.25) is 14.9 Å². The van der Waals surface area contributed by atoms with Crippen molar-refractivity contribution in [2.45, 2.75) is 30.5 Å². The Labute approximate surface area is 94.1 Å². The zero-order chi connectivity index (χ0) is 14.4. The highest BCUT2D eigenvalue weighted by Crippen LogP contribution is 2.46. The van der Waals surface area contributed by atoms with Crippen LogP contribution in [-0.2, 0) is 14.3 Å². The lowest BCUT2D eigenvalue weighted by Crippen LogP contribution is -2.65. The lowest BCUT2D eigenvalue weighted by molar-refractivity contribution is -0.369. The Morgan fingerprint density at radius 2 is 1.67 bits per heavy atom. The molecule has 0 saturated carbocycles. The largest absolute Gasteiger partial charge is 0.452 e. The van der Waals surface area contributed by atoms with E-state index in [1.807, 2.05) is 0 Å². The van der Waals surface area contributed by atoms with Crippen LogP contribution in [0.15, 0.2) is 0 Å². The van der Waals surface area contributed by atoms with Crippen LogP contribution in [0.5, 0.6) is 0 Å². The molecule has 0 aromatic heterocycles. The van der Waals surface area contributed by atoms with Crippen LogP contribution in [-0.4, -0.2) is 36.1 Å². The van der Waals surface area contributed by atoms with Gasteiger partial charge in [-0.2, -0.15) is 30.7 Å². The van der Waals surface area contributed by atoms with Gasteiger partial charge in [0.2, 0.25) is 0 Å². The molecule has 1 aliphatic rings. The van der Waals surface area contributed by atoms with Crippen LogP contribution in [0.25, 0.3) is 0 Å². The van der Waals surface area contributed by atoms with Gasteiger partial charge in [0.15, 0.2) is 0 Å². The first-order valence-electron chi connectivity index (χ1n) is 4.23. The van der Waals surface area contributed by atoms with E-state index in [9.17, 15) is 40.3 Å². The zero-order valence-electron chi connectivity index (χ0n) is 8.15. The molecule has 0 aromatic rings. The molecule has 1 heterocycles. The van der Waals surface area contributed by atoms with Crippen LogP contribution in [0.1, 0.15) is 6.42 Å². The first-order valence-corrected chi connectivity index (χ1v) is 4.23. The summed E-state index contributed by atoms with van der Waals surface area (Å²) in [6.07, 6.45) is -13.5. The van der Waals surface area contributed by atoms with E-state index >= 15 is 0 Å². The number of halogens is 7. The van der Waals surface area contributed by atoms with E-state index < -0.39 is 42.5 Å². The standard InChI is InChI=1S/C7H4F7NO3/c8-3(16)1-2-4(17)18-5(15-2,6(9,10)11)7(12,13)14/h2,15H,1H2/t2-/m1/s1. The highest BCUT2D eigenvalue weighted by molar-refractivity contribution is 5.84. The summed E-state index contributed by atoms with van der Waals surface area (Å²) in [6, 6.07) is -4.59. The Balaban J connectivity index is 3.12. The number of rotatable bonds is 2. The first-order chi connectivity index (χ1) is 7.91. The Hall–Kier alpha value is -1.39. The molecule has 0 bridgehead atoms. The van der Waals surface area contributed by atoms with Crippen molar-refractivity contribution >= 4 is 12.0 Å². The molecular weight excluding hydrogens is 279 g/mol. The summed E-state index contributed by atoms with van der Waals surface area (Å²) in [6.45, 7) is 0. The molecule has 0 radical (unpaired) electrons. The number of alkyl halides is 6. The van der Waals surface area contributed by atoms with Gasteiger partial charge in [-0.25, -0.2) is 0 Å². The molecule has 4 nitrogen and oxygen atoms in total. The highest BCUT2D eigenvalue weighted by Gasteiger charge is 2.78. The van der Waals surface area contributed by atoms with Crippen LogP contribution < -0.4 is 5.32 Å². The SMILES string of the molecule is O=C(F)C[C@H]1NC(C(F)(F)F)(C(F)(F)F)OC1=O. The Kier molecular flexibility index (Phi) is 3.32. The second-order valence-electron chi connectivity index (χ2n) is 3.35. The van der Waals surface area contributed by atoms with Gasteiger partial charge in [-0.1, -0.05) is 0 Å². The number of cyclic esters (lactones) is 1. The van der Waals surface area contributed by atoms with E-state index in [-0.39, 0.29) is 0 Å². The molecule has 1 atom stereocenters. The van der Waals surface area contributed by atoms with E-state index in [0.717, 1.165) is 5.32 Å². The van der Waals surface area contributed by atoms with Crippen molar-refractivity contribution in [2.24, 2.45) is 0 Å². The average molecular weight is 283 g/mol. The lowest BCUT2D eigenvalue weighted by atomic mass is 10.1. The normalized spacial score (nSPS) is 23.9. The van der Waals surface area contributed by atoms with Gasteiger partial charge in [0.1, 0.15) is 6.04 Å². The number of nitrogens with one attached hydrogen (secondary N) is 1. The molecule has 1 rings (SSSR count). The molecule has 1 N–H and O–H groups in total. The summed E-state index contributed by atoms with van der Waals surface area (Å²) in [4.78, 5) is 20.8. The van der Waals surface area contributed by atoms with Crippen LogP contribution in [0.4, 0.5) is 30.7 Å². The van der Waals surface area contributed by atoms with Crippen molar-refractivity contribution in [1.29, 1.82) is 0 Å². The topological polar surface area (TPSA) is 55.4 Å². The number of ether oxygens (including phenoxy) is 1. The predicted molar refractivity (Wildman–Crippen MR) is 38.6 cm³/mol. The first kappa shape index (κ1) is 14.7. The summed E-state index contributed by atoms with van der Waals surface area (Å²) < 4.78 is 89.3. The van der Waals surface area contributed by atoms with Crippen molar-refractivity contribution in [3.8, 4) is 0 Å². The molecule has 0 aromatic carbocycles. The summed E-state index contributed by atoms with van der Waals surface area (Å²) in [7, 11) is 0. The molecule has 18 heavy (non-hydrogen) atoms. The van der Waals surface area contributed by atoms with E-state index in [0.29, 0.717) is 0 Å². The smallest absolute Gasteiger partial charge is 0.424 e. The van der Waals surface area contributed by atoms with Crippen molar-refractivity contribution in [1.82, 2.24) is 5.32 Å². The maximum absolute atomic E-state index is 12.4. The van der Waals surface area contributed by atoms with Gasteiger partial charge in [0.05, 0.1) is 6.42 Å². The summed E-state index contributed by atoms with van der Waals surface area (Å²) in [5.41, 5.74) is -4.92. The molecule has 1 saturated heterocycles. The van der Waals surface area contributed by atoms with Crippen molar-refractivity contribution in [3.05, 3.63) is 0 Å². The number of carbonyl (C=O) groups excluding carboxylic acids is 2. The second kappa shape index (κ2) is 4.07. The van der Waals surface area contributed by atoms with E-state index in [4.69, 9.17) is 0 Å². The minimum Gasteiger partial charge on any atom is -0.424 e. The van der Waals surface area contributed by atoms with E-state index in [1.165, 1.54) is 0 Å². The Morgan fingerprint density at radius 3 is 1.94 bits per heavy atom. The number of hydrogen-bond acceptors (Lipinski definition) is 4. The lowest BCUT2D eigenvalue weighted by Gasteiger charge is -2.31.